The smallest absolute Gasteiger partial charge is 0.119 e. The van der Waals surface area contributed by atoms with Crippen LogP contribution in [0.3, 0.4) is 0 Å². The van der Waals surface area contributed by atoms with E-state index in [-0.39, 0.29) is 11.5 Å². The monoisotopic (exact) mass is 778 g/mol. The molecule has 1 aliphatic rings. The Balaban J connectivity index is 0.000000191. The number of fused-ring (bicyclic) bond motifs is 5. The standard InChI is InChI=1S/C33H22O2.C20H26O2.C2H6/c34-27-15-11-21-17-25(13-9-23(21)19-27)33(26-14-10-24-20-28(35)16-12-22(24)18-26)31-7-3-1-5-29(31)30-6-2-4-8-32(30)33;1-3-17-7-11-19(12-8-17)21-15-5-6-16-22-20-13-9-18(4-2)10-14-20;1-2/h1-20,34-35H;7-14H,3-6,15-16H2,1-2H3;1-2H3. The number of hydrogen-bond acceptors (Lipinski definition) is 4. The molecule has 0 unspecified atom stereocenters. The second-order valence-electron chi connectivity index (χ2n) is 14.7. The van der Waals surface area contributed by atoms with Crippen LogP contribution in [0.1, 0.15) is 73.9 Å². The molecule has 8 aromatic carbocycles. The molecule has 4 nitrogen and oxygen atoms in total. The minimum Gasteiger partial charge on any atom is -0.508 e. The van der Waals surface area contributed by atoms with Gasteiger partial charge in [0.25, 0.3) is 0 Å². The van der Waals surface area contributed by atoms with Crippen LogP contribution in [0.25, 0.3) is 32.7 Å². The highest BCUT2D eigenvalue weighted by atomic mass is 16.5. The SMILES string of the molecule is CC.CCc1ccc(OCCCCOc2ccc(CC)cc2)cc1.Oc1ccc2cc(C3(c4ccc5cc(O)ccc5c4)c4ccccc4-c4ccccc43)ccc2c1. The molecule has 1 aliphatic carbocycles. The van der Waals surface area contributed by atoms with Gasteiger partial charge in [0.1, 0.15) is 23.0 Å². The zero-order valence-corrected chi connectivity index (χ0v) is 34.6. The number of phenols is 2. The maximum Gasteiger partial charge on any atom is 0.119 e. The molecule has 0 atom stereocenters. The number of ether oxygens (including phenoxy) is 2. The Morgan fingerprint density at radius 1 is 0.424 bits per heavy atom. The molecule has 59 heavy (non-hydrogen) atoms. The quantitative estimate of drug-likeness (QED) is 0.128. The summed E-state index contributed by atoms with van der Waals surface area (Å²) in [6, 6.07) is 58.3. The third-order valence-electron chi connectivity index (χ3n) is 11.2. The molecule has 0 aliphatic heterocycles. The summed E-state index contributed by atoms with van der Waals surface area (Å²) in [6.07, 6.45) is 4.14. The van der Waals surface area contributed by atoms with Crippen molar-refractivity contribution in [2.24, 2.45) is 0 Å². The van der Waals surface area contributed by atoms with E-state index in [1.54, 1.807) is 12.1 Å². The number of benzene rings is 8. The summed E-state index contributed by atoms with van der Waals surface area (Å²) in [5.41, 5.74) is 9.59. The van der Waals surface area contributed by atoms with E-state index in [1.807, 2.05) is 62.4 Å². The second kappa shape index (κ2) is 18.8. The van der Waals surface area contributed by atoms with E-state index in [0.717, 1.165) is 71.9 Å². The van der Waals surface area contributed by atoms with E-state index >= 15 is 0 Å². The van der Waals surface area contributed by atoms with Gasteiger partial charge >= 0.3 is 0 Å². The van der Waals surface area contributed by atoms with Crippen LogP contribution in [0, 0.1) is 0 Å². The molecular weight excluding hydrogens is 725 g/mol. The Bertz CT molecular complexity index is 2440. The number of rotatable bonds is 11. The van der Waals surface area contributed by atoms with Crippen molar-refractivity contribution in [2.45, 2.75) is 58.8 Å². The van der Waals surface area contributed by atoms with Crippen LogP contribution in [0.4, 0.5) is 0 Å². The van der Waals surface area contributed by atoms with E-state index in [9.17, 15) is 10.2 Å². The van der Waals surface area contributed by atoms with Crippen LogP contribution in [0.15, 0.2) is 170 Å². The first-order chi connectivity index (χ1) is 29.0. The van der Waals surface area contributed by atoms with Crippen LogP contribution in [-0.4, -0.2) is 23.4 Å². The third kappa shape index (κ3) is 8.68. The Morgan fingerprint density at radius 3 is 1.20 bits per heavy atom. The highest BCUT2D eigenvalue weighted by molar-refractivity contribution is 5.92. The Morgan fingerprint density at radius 2 is 0.797 bits per heavy atom. The Labute approximate surface area is 349 Å². The van der Waals surface area contributed by atoms with Gasteiger partial charge in [-0.05, 0) is 152 Å². The molecule has 0 spiro atoms. The van der Waals surface area contributed by atoms with Gasteiger partial charge in [-0.2, -0.15) is 0 Å². The Kier molecular flexibility index (Phi) is 13.0. The Hall–Kier alpha value is -6.52. The van der Waals surface area contributed by atoms with Gasteiger partial charge in [-0.15, -0.1) is 0 Å². The number of phenolic OH excluding ortho intramolecular Hbond substituents is 2. The van der Waals surface area contributed by atoms with Crippen molar-refractivity contribution in [1.29, 1.82) is 0 Å². The lowest BCUT2D eigenvalue weighted by atomic mass is 9.67. The van der Waals surface area contributed by atoms with Crippen LogP contribution >= 0.6 is 0 Å². The number of unbranched alkanes of at least 4 members (excludes halogenated alkanes) is 1. The van der Waals surface area contributed by atoms with E-state index < -0.39 is 5.41 Å². The van der Waals surface area contributed by atoms with Crippen molar-refractivity contribution in [1.82, 2.24) is 0 Å². The van der Waals surface area contributed by atoms with Gasteiger partial charge in [0.15, 0.2) is 0 Å². The van der Waals surface area contributed by atoms with Crippen molar-refractivity contribution < 1.29 is 19.7 Å². The summed E-state index contributed by atoms with van der Waals surface area (Å²) in [5, 5.41) is 24.2. The molecule has 0 fully saturated rings. The molecule has 0 saturated heterocycles. The zero-order valence-electron chi connectivity index (χ0n) is 34.6. The lowest BCUT2D eigenvalue weighted by molar-refractivity contribution is 0.266. The fourth-order valence-electron chi connectivity index (χ4n) is 8.18. The van der Waals surface area contributed by atoms with Crippen LogP contribution in [0.2, 0.25) is 0 Å². The lowest BCUT2D eigenvalue weighted by Crippen LogP contribution is -2.28. The minimum atomic E-state index is -0.495. The van der Waals surface area contributed by atoms with Crippen molar-refractivity contribution in [3.05, 3.63) is 203 Å². The number of aryl methyl sites for hydroxylation is 2. The summed E-state index contributed by atoms with van der Waals surface area (Å²) in [4.78, 5) is 0. The van der Waals surface area contributed by atoms with Gasteiger partial charge in [-0.3, -0.25) is 0 Å². The molecule has 298 valence electrons. The second-order valence-corrected chi connectivity index (χ2v) is 14.7. The van der Waals surface area contributed by atoms with Crippen molar-refractivity contribution in [3.8, 4) is 34.1 Å². The fraction of sp³-hybridized carbons (Fsp3) is 0.200. The van der Waals surface area contributed by atoms with Crippen LogP contribution in [-0.2, 0) is 18.3 Å². The first kappa shape index (κ1) is 40.7. The average molecular weight is 779 g/mol. The maximum atomic E-state index is 10.0. The highest BCUT2D eigenvalue weighted by Crippen LogP contribution is 2.56. The number of aromatic hydroxyl groups is 2. The van der Waals surface area contributed by atoms with Crippen molar-refractivity contribution in [2.75, 3.05) is 13.2 Å². The van der Waals surface area contributed by atoms with E-state index in [0.29, 0.717) is 0 Å². The lowest BCUT2D eigenvalue weighted by Gasteiger charge is -2.34. The molecule has 8 aromatic rings. The zero-order chi connectivity index (χ0) is 41.2. The molecule has 0 amide bonds. The maximum absolute atomic E-state index is 10.0. The summed E-state index contributed by atoms with van der Waals surface area (Å²) in [5.74, 6) is 2.45. The van der Waals surface area contributed by atoms with Gasteiger partial charge < -0.3 is 19.7 Å². The average Bonchev–Trinajstić information content (AvgIpc) is 3.59. The predicted octanol–water partition coefficient (Wildman–Crippen LogP) is 13.8. The largest absolute Gasteiger partial charge is 0.508 e. The summed E-state index contributed by atoms with van der Waals surface area (Å²) in [6.45, 7) is 9.80. The predicted molar refractivity (Wildman–Crippen MR) is 245 cm³/mol. The normalized spacial score (nSPS) is 12.1. The van der Waals surface area contributed by atoms with Crippen molar-refractivity contribution >= 4 is 21.5 Å². The molecule has 0 heterocycles. The number of hydrogen-bond donors (Lipinski definition) is 2. The van der Waals surface area contributed by atoms with Gasteiger partial charge in [-0.25, -0.2) is 0 Å². The first-order valence-electron chi connectivity index (χ1n) is 21.1. The molecule has 0 bridgehead atoms. The van der Waals surface area contributed by atoms with E-state index in [1.165, 1.54) is 44.5 Å². The third-order valence-corrected chi connectivity index (χ3v) is 11.2. The van der Waals surface area contributed by atoms with E-state index in [4.69, 9.17) is 9.47 Å². The molecule has 2 N–H and O–H groups in total. The summed E-state index contributed by atoms with van der Waals surface area (Å²) in [7, 11) is 0. The first-order valence-corrected chi connectivity index (χ1v) is 21.1. The van der Waals surface area contributed by atoms with Crippen LogP contribution in [0.5, 0.6) is 23.0 Å². The van der Waals surface area contributed by atoms with Gasteiger partial charge in [-0.1, -0.05) is 137 Å². The molecule has 0 saturated carbocycles. The minimum absolute atomic E-state index is 0.273. The topological polar surface area (TPSA) is 58.9 Å². The molecule has 9 rings (SSSR count). The summed E-state index contributed by atoms with van der Waals surface area (Å²) >= 11 is 0. The molecule has 4 heteroatoms. The van der Waals surface area contributed by atoms with Gasteiger partial charge in [0, 0.05) is 0 Å². The highest BCUT2D eigenvalue weighted by Gasteiger charge is 2.46. The van der Waals surface area contributed by atoms with E-state index in [2.05, 4.69) is 123 Å². The van der Waals surface area contributed by atoms with Crippen LogP contribution < -0.4 is 9.47 Å². The van der Waals surface area contributed by atoms with Gasteiger partial charge in [0.2, 0.25) is 0 Å². The molecule has 0 radical (unpaired) electrons. The van der Waals surface area contributed by atoms with Gasteiger partial charge in [0.05, 0.1) is 18.6 Å². The van der Waals surface area contributed by atoms with Crippen molar-refractivity contribution in [3.63, 3.8) is 0 Å². The summed E-state index contributed by atoms with van der Waals surface area (Å²) < 4.78 is 11.5. The molecular formula is C55H54O4. The molecule has 0 aromatic heterocycles. The fourth-order valence-corrected chi connectivity index (χ4v) is 8.18.